The second-order valence-electron chi connectivity index (χ2n) is 5.57. The van der Waals surface area contributed by atoms with Crippen molar-refractivity contribution >= 4 is 51.9 Å². The number of aryl methyl sites for hydroxylation is 1. The Hall–Kier alpha value is -1.29. The Kier molecular flexibility index (Phi) is 12.3. The Morgan fingerprint density at radius 1 is 0.962 bits per heavy atom. The minimum atomic E-state index is 0.558. The molecular weight excluding hydrogens is 389 g/mol. The lowest BCUT2D eigenvalue weighted by Gasteiger charge is -2.23. The molecule has 4 N–H and O–H groups in total. The van der Waals surface area contributed by atoms with E-state index in [9.17, 15) is 0 Å². The number of halogens is 3. The topological polar surface area (TPSA) is 55.3 Å². The highest BCUT2D eigenvalue weighted by atomic mass is 35.5. The fourth-order valence-corrected chi connectivity index (χ4v) is 2.66. The fourth-order valence-electron chi connectivity index (χ4n) is 2.10. The quantitative estimate of drug-likeness (QED) is 0.522. The third-order valence-electron chi connectivity index (χ3n) is 3.56. The van der Waals surface area contributed by atoms with E-state index in [1.807, 2.05) is 40.0 Å². The summed E-state index contributed by atoms with van der Waals surface area (Å²) in [6.45, 7) is 9.03. The van der Waals surface area contributed by atoms with Gasteiger partial charge in [-0.1, -0.05) is 68.1 Å². The van der Waals surface area contributed by atoms with Crippen LogP contribution in [-0.4, -0.2) is 13.6 Å². The Labute approximate surface area is 173 Å². The van der Waals surface area contributed by atoms with Gasteiger partial charge >= 0.3 is 0 Å². The van der Waals surface area contributed by atoms with Crippen molar-refractivity contribution in [3.05, 3.63) is 51.0 Å². The number of hydrogen-bond donors (Lipinski definition) is 2. The Bertz CT molecular complexity index is 676. The van der Waals surface area contributed by atoms with E-state index < -0.39 is 0 Å². The first-order valence-electron chi connectivity index (χ1n) is 8.74. The molecule has 2 rings (SSSR count). The van der Waals surface area contributed by atoms with Gasteiger partial charge in [-0.2, -0.15) is 0 Å². The highest BCUT2D eigenvalue weighted by Crippen LogP contribution is 2.35. The number of unbranched alkanes of at least 4 members (excludes halogenated alkanes) is 1. The van der Waals surface area contributed by atoms with Gasteiger partial charge in [-0.3, -0.25) is 0 Å². The van der Waals surface area contributed by atoms with E-state index in [1.54, 1.807) is 18.2 Å². The summed E-state index contributed by atoms with van der Waals surface area (Å²) in [4.78, 5) is 2.06. The molecule has 0 spiro atoms. The average Bonchev–Trinajstić information content (AvgIpc) is 2.62. The van der Waals surface area contributed by atoms with E-state index in [1.165, 1.54) is 0 Å². The molecule has 0 aliphatic rings. The standard InChI is InChI=1S/C11H18ClN3.C7H6Cl2.C2H6/c1-3-4-7-15(2)11-9(13)6-5-8(12)10(11)14;1-5-2-3-6(8)4-7(5)9;1-2/h5-6H,3-4,7,13-14H2,1-2H3;2-4H,1H3;1-2H3. The molecule has 0 atom stereocenters. The van der Waals surface area contributed by atoms with Gasteiger partial charge in [0, 0.05) is 23.6 Å². The van der Waals surface area contributed by atoms with Crippen LogP contribution in [0.25, 0.3) is 0 Å². The van der Waals surface area contributed by atoms with Crippen LogP contribution < -0.4 is 16.4 Å². The summed E-state index contributed by atoms with van der Waals surface area (Å²) < 4.78 is 0. The van der Waals surface area contributed by atoms with Crippen molar-refractivity contribution in [1.82, 2.24) is 0 Å². The van der Waals surface area contributed by atoms with Crippen LogP contribution in [0.3, 0.4) is 0 Å². The smallest absolute Gasteiger partial charge is 0.0846 e. The lowest BCUT2D eigenvalue weighted by Crippen LogP contribution is -2.21. The van der Waals surface area contributed by atoms with E-state index in [4.69, 9.17) is 46.3 Å². The molecule has 146 valence electrons. The van der Waals surface area contributed by atoms with E-state index in [2.05, 4.69) is 11.8 Å². The Morgan fingerprint density at radius 2 is 1.58 bits per heavy atom. The molecule has 0 amide bonds. The summed E-state index contributed by atoms with van der Waals surface area (Å²) >= 11 is 17.3. The molecule has 0 saturated carbocycles. The zero-order valence-corrected chi connectivity index (χ0v) is 18.5. The van der Waals surface area contributed by atoms with Crippen LogP contribution >= 0.6 is 34.8 Å². The van der Waals surface area contributed by atoms with Crippen LogP contribution in [0.5, 0.6) is 0 Å². The highest BCUT2D eigenvalue weighted by molar-refractivity contribution is 6.35. The first-order chi connectivity index (χ1) is 12.3. The van der Waals surface area contributed by atoms with E-state index in [-0.39, 0.29) is 0 Å². The summed E-state index contributed by atoms with van der Waals surface area (Å²) in [7, 11) is 1.98. The first-order valence-corrected chi connectivity index (χ1v) is 9.87. The molecule has 3 nitrogen and oxygen atoms in total. The average molecular weight is 419 g/mol. The van der Waals surface area contributed by atoms with Crippen LogP contribution in [-0.2, 0) is 0 Å². The zero-order chi connectivity index (χ0) is 20.3. The number of benzene rings is 2. The summed E-state index contributed by atoms with van der Waals surface area (Å²) in [5.41, 5.74) is 14.9. The SMILES string of the molecule is CC.CCCCN(C)c1c(N)ccc(Cl)c1N.Cc1ccc(Cl)cc1Cl. The predicted octanol–water partition coefficient (Wildman–Crippen LogP) is 7.07. The monoisotopic (exact) mass is 417 g/mol. The largest absolute Gasteiger partial charge is 0.397 e. The van der Waals surface area contributed by atoms with Crippen LogP contribution in [0.15, 0.2) is 30.3 Å². The summed E-state index contributed by atoms with van der Waals surface area (Å²) in [6.07, 6.45) is 2.26. The minimum Gasteiger partial charge on any atom is -0.397 e. The molecule has 0 aromatic heterocycles. The molecule has 0 fully saturated rings. The van der Waals surface area contributed by atoms with Crippen molar-refractivity contribution in [2.75, 3.05) is 30.0 Å². The molecule has 0 heterocycles. The summed E-state index contributed by atoms with van der Waals surface area (Å²) in [5.74, 6) is 0. The van der Waals surface area contributed by atoms with Gasteiger partial charge in [0.05, 0.1) is 22.1 Å². The van der Waals surface area contributed by atoms with Crippen LogP contribution in [0, 0.1) is 6.92 Å². The van der Waals surface area contributed by atoms with Gasteiger partial charge in [0.15, 0.2) is 0 Å². The first kappa shape index (κ1) is 24.7. The van der Waals surface area contributed by atoms with Crippen molar-refractivity contribution in [2.45, 2.75) is 40.5 Å². The van der Waals surface area contributed by atoms with Crippen molar-refractivity contribution in [3.63, 3.8) is 0 Å². The maximum Gasteiger partial charge on any atom is 0.0846 e. The lowest BCUT2D eigenvalue weighted by atomic mass is 10.2. The predicted molar refractivity (Wildman–Crippen MR) is 121 cm³/mol. The van der Waals surface area contributed by atoms with E-state index >= 15 is 0 Å². The van der Waals surface area contributed by atoms with E-state index in [0.29, 0.717) is 21.4 Å². The van der Waals surface area contributed by atoms with Gasteiger partial charge in [-0.05, 0) is 43.2 Å². The molecule has 0 saturated heterocycles. The molecule has 0 bridgehead atoms. The number of nitrogen functional groups attached to an aromatic ring is 2. The number of anilines is 3. The minimum absolute atomic E-state index is 0.558. The van der Waals surface area contributed by atoms with Crippen molar-refractivity contribution in [1.29, 1.82) is 0 Å². The Morgan fingerprint density at radius 3 is 2.08 bits per heavy atom. The second kappa shape index (κ2) is 13.0. The number of nitrogens with two attached hydrogens (primary N) is 2. The van der Waals surface area contributed by atoms with Crippen LogP contribution in [0.2, 0.25) is 15.1 Å². The van der Waals surface area contributed by atoms with Gasteiger partial charge in [0.2, 0.25) is 0 Å². The molecule has 0 aliphatic carbocycles. The maximum atomic E-state index is 5.96. The van der Waals surface area contributed by atoms with E-state index in [0.717, 1.165) is 35.7 Å². The fraction of sp³-hybridized carbons (Fsp3) is 0.400. The van der Waals surface area contributed by atoms with Gasteiger partial charge in [-0.15, -0.1) is 0 Å². The lowest BCUT2D eigenvalue weighted by molar-refractivity contribution is 0.768. The highest BCUT2D eigenvalue weighted by Gasteiger charge is 2.11. The molecule has 6 heteroatoms. The zero-order valence-electron chi connectivity index (χ0n) is 16.2. The van der Waals surface area contributed by atoms with Crippen LogP contribution in [0.4, 0.5) is 17.1 Å². The normalized spacial score (nSPS) is 9.54. The number of hydrogen-bond acceptors (Lipinski definition) is 3. The van der Waals surface area contributed by atoms with Crippen molar-refractivity contribution in [2.24, 2.45) is 0 Å². The van der Waals surface area contributed by atoms with Crippen LogP contribution in [0.1, 0.15) is 39.2 Å². The van der Waals surface area contributed by atoms with Gasteiger partial charge < -0.3 is 16.4 Å². The third-order valence-corrected chi connectivity index (χ3v) is 4.53. The number of nitrogens with zero attached hydrogens (tertiary/aromatic N) is 1. The van der Waals surface area contributed by atoms with Gasteiger partial charge in [0.1, 0.15) is 0 Å². The molecular formula is C20H30Cl3N3. The second-order valence-corrected chi connectivity index (χ2v) is 6.82. The summed E-state index contributed by atoms with van der Waals surface area (Å²) in [6, 6.07) is 8.96. The molecule has 0 aliphatic heterocycles. The van der Waals surface area contributed by atoms with Gasteiger partial charge in [-0.25, -0.2) is 0 Å². The van der Waals surface area contributed by atoms with Crippen molar-refractivity contribution < 1.29 is 0 Å². The molecule has 0 unspecified atom stereocenters. The third kappa shape index (κ3) is 7.94. The Balaban J connectivity index is 0.000000484. The number of rotatable bonds is 4. The molecule has 26 heavy (non-hydrogen) atoms. The maximum absolute atomic E-state index is 5.96. The molecule has 0 radical (unpaired) electrons. The van der Waals surface area contributed by atoms with Gasteiger partial charge in [0.25, 0.3) is 0 Å². The molecule has 2 aromatic carbocycles. The van der Waals surface area contributed by atoms with Crippen molar-refractivity contribution in [3.8, 4) is 0 Å². The molecule has 2 aromatic rings. The summed E-state index contributed by atoms with van der Waals surface area (Å²) in [5, 5.41) is 1.97.